The molecule has 0 aliphatic rings. The Bertz CT molecular complexity index is 1660. The second-order valence-corrected chi connectivity index (χ2v) is 8.40. The lowest BCUT2D eigenvalue weighted by molar-refractivity contribution is -0.141. The SMILES string of the molecule is Cc1ccn2nc(C(C)Nc3ncnc(N)c3-c3ccnc(C(F)(F)F)c3)n(-c3ccccc3)c(=O)c12. The van der Waals surface area contributed by atoms with Crippen LogP contribution in [0.4, 0.5) is 24.8 Å². The molecule has 4 heterocycles. The Morgan fingerprint density at radius 3 is 2.54 bits per heavy atom. The van der Waals surface area contributed by atoms with E-state index in [1.165, 1.54) is 21.5 Å². The van der Waals surface area contributed by atoms with E-state index in [1.54, 1.807) is 31.3 Å². The fourth-order valence-electron chi connectivity index (χ4n) is 4.14. The Morgan fingerprint density at radius 2 is 1.81 bits per heavy atom. The van der Waals surface area contributed by atoms with Crippen LogP contribution in [-0.2, 0) is 6.18 Å². The number of halogens is 3. The third-order valence-corrected chi connectivity index (χ3v) is 5.88. The number of pyridine rings is 1. The van der Waals surface area contributed by atoms with Crippen molar-refractivity contribution in [1.82, 2.24) is 29.1 Å². The van der Waals surface area contributed by atoms with Crippen LogP contribution < -0.4 is 16.6 Å². The average molecular weight is 506 g/mol. The molecule has 0 fully saturated rings. The molecule has 0 aliphatic heterocycles. The van der Waals surface area contributed by atoms with Crippen LogP contribution in [0, 0.1) is 6.92 Å². The van der Waals surface area contributed by atoms with Crippen LogP contribution in [0.1, 0.15) is 30.0 Å². The van der Waals surface area contributed by atoms with Crippen molar-refractivity contribution >= 4 is 17.2 Å². The quantitative estimate of drug-likeness (QED) is 0.363. The molecule has 9 nitrogen and oxygen atoms in total. The number of rotatable bonds is 5. The smallest absolute Gasteiger partial charge is 0.383 e. The lowest BCUT2D eigenvalue weighted by Crippen LogP contribution is -2.29. The molecule has 5 rings (SSSR count). The molecule has 37 heavy (non-hydrogen) atoms. The molecule has 0 spiro atoms. The van der Waals surface area contributed by atoms with Crippen LogP contribution in [0.2, 0.25) is 0 Å². The van der Waals surface area contributed by atoms with Gasteiger partial charge in [-0.2, -0.15) is 18.3 Å². The largest absolute Gasteiger partial charge is 0.433 e. The summed E-state index contributed by atoms with van der Waals surface area (Å²) in [6.07, 6.45) is -0.687. The zero-order valence-electron chi connectivity index (χ0n) is 19.7. The van der Waals surface area contributed by atoms with E-state index in [0.717, 1.165) is 17.8 Å². The Kier molecular flexibility index (Phi) is 5.86. The van der Waals surface area contributed by atoms with E-state index in [9.17, 15) is 18.0 Å². The van der Waals surface area contributed by atoms with E-state index < -0.39 is 17.9 Å². The second kappa shape index (κ2) is 9.04. The molecule has 1 unspecified atom stereocenters. The summed E-state index contributed by atoms with van der Waals surface area (Å²) in [5.41, 5.74) is 6.88. The number of nitrogen functional groups attached to an aromatic ring is 1. The van der Waals surface area contributed by atoms with Crippen molar-refractivity contribution in [3.8, 4) is 16.8 Å². The fourth-order valence-corrected chi connectivity index (χ4v) is 4.14. The van der Waals surface area contributed by atoms with Crippen molar-refractivity contribution in [2.75, 3.05) is 11.1 Å². The van der Waals surface area contributed by atoms with Crippen LogP contribution in [0.25, 0.3) is 22.3 Å². The molecular weight excluding hydrogens is 485 g/mol. The second-order valence-electron chi connectivity index (χ2n) is 8.40. The molecule has 0 saturated heterocycles. The third kappa shape index (κ3) is 4.37. The number of alkyl halides is 3. The van der Waals surface area contributed by atoms with Crippen molar-refractivity contribution in [3.63, 3.8) is 0 Å². The zero-order chi connectivity index (χ0) is 26.3. The highest BCUT2D eigenvalue weighted by Gasteiger charge is 2.33. The van der Waals surface area contributed by atoms with Crippen LogP contribution in [-0.4, -0.2) is 29.1 Å². The van der Waals surface area contributed by atoms with Gasteiger partial charge in [-0.05, 0) is 55.3 Å². The minimum Gasteiger partial charge on any atom is -0.383 e. The Hall–Kier alpha value is -4.74. The number of nitrogens with two attached hydrogens (primary N) is 1. The maximum atomic E-state index is 13.6. The molecule has 0 radical (unpaired) electrons. The molecule has 3 N–H and O–H groups in total. The molecule has 4 aromatic heterocycles. The van der Waals surface area contributed by atoms with Crippen LogP contribution in [0.15, 0.2) is 72.0 Å². The zero-order valence-corrected chi connectivity index (χ0v) is 19.7. The van der Waals surface area contributed by atoms with E-state index in [0.29, 0.717) is 17.0 Å². The van der Waals surface area contributed by atoms with Crippen molar-refractivity contribution in [1.29, 1.82) is 0 Å². The summed E-state index contributed by atoms with van der Waals surface area (Å²) >= 11 is 0. The van der Waals surface area contributed by atoms with Gasteiger partial charge in [-0.1, -0.05) is 18.2 Å². The molecule has 188 valence electrons. The molecule has 0 aliphatic carbocycles. The van der Waals surface area contributed by atoms with Gasteiger partial charge in [-0.25, -0.2) is 14.5 Å². The van der Waals surface area contributed by atoms with Crippen molar-refractivity contribution in [2.45, 2.75) is 26.1 Å². The topological polar surface area (TPSA) is 116 Å². The number of nitrogens with one attached hydrogen (secondary N) is 1. The maximum absolute atomic E-state index is 13.6. The minimum absolute atomic E-state index is 0.0195. The van der Waals surface area contributed by atoms with Crippen LogP contribution in [0.5, 0.6) is 0 Å². The summed E-state index contributed by atoms with van der Waals surface area (Å²) in [6.45, 7) is 3.59. The van der Waals surface area contributed by atoms with E-state index in [4.69, 9.17) is 5.73 Å². The van der Waals surface area contributed by atoms with E-state index in [1.807, 2.05) is 25.1 Å². The van der Waals surface area contributed by atoms with E-state index >= 15 is 0 Å². The van der Waals surface area contributed by atoms with Gasteiger partial charge in [0, 0.05) is 12.4 Å². The van der Waals surface area contributed by atoms with Gasteiger partial charge in [0.1, 0.15) is 29.2 Å². The Morgan fingerprint density at radius 1 is 1.05 bits per heavy atom. The first kappa shape index (κ1) is 24.0. The number of aryl methyl sites for hydroxylation is 1. The van der Waals surface area contributed by atoms with Gasteiger partial charge in [-0.15, -0.1) is 0 Å². The third-order valence-electron chi connectivity index (χ3n) is 5.88. The summed E-state index contributed by atoms with van der Waals surface area (Å²) in [7, 11) is 0. The van der Waals surface area contributed by atoms with Crippen molar-refractivity contribution < 1.29 is 13.2 Å². The maximum Gasteiger partial charge on any atom is 0.433 e. The summed E-state index contributed by atoms with van der Waals surface area (Å²) in [4.78, 5) is 25.2. The predicted octanol–water partition coefficient (Wildman–Crippen LogP) is 4.42. The number of hydrogen-bond acceptors (Lipinski definition) is 7. The number of fused-ring (bicyclic) bond motifs is 1. The van der Waals surface area contributed by atoms with E-state index in [2.05, 4.69) is 25.4 Å². The molecule has 12 heteroatoms. The van der Waals surface area contributed by atoms with E-state index in [-0.39, 0.29) is 28.3 Å². The lowest BCUT2D eigenvalue weighted by Gasteiger charge is -2.21. The van der Waals surface area contributed by atoms with Crippen LogP contribution in [0.3, 0.4) is 0 Å². The fraction of sp³-hybridized carbons (Fsp3) is 0.160. The highest BCUT2D eigenvalue weighted by atomic mass is 19.4. The summed E-state index contributed by atoms with van der Waals surface area (Å²) in [5, 5.41) is 7.85. The van der Waals surface area contributed by atoms with Gasteiger partial charge in [0.25, 0.3) is 5.56 Å². The molecule has 1 aromatic carbocycles. The van der Waals surface area contributed by atoms with Gasteiger partial charge in [0.2, 0.25) is 0 Å². The Labute approximate surface area is 208 Å². The van der Waals surface area contributed by atoms with Crippen LogP contribution >= 0.6 is 0 Å². The number of hydrogen-bond donors (Lipinski definition) is 2. The lowest BCUT2D eigenvalue weighted by atomic mass is 10.1. The molecule has 0 saturated carbocycles. The van der Waals surface area contributed by atoms with Gasteiger partial charge in [-0.3, -0.25) is 14.3 Å². The van der Waals surface area contributed by atoms with Crippen molar-refractivity contribution in [3.05, 3.63) is 94.7 Å². The molecule has 0 bridgehead atoms. The minimum atomic E-state index is -4.64. The molecular formula is C25H21F3N8O. The van der Waals surface area contributed by atoms with Gasteiger partial charge in [0.15, 0.2) is 5.82 Å². The molecule has 1 atom stereocenters. The first-order valence-electron chi connectivity index (χ1n) is 11.2. The standard InChI is InChI=1S/C25H21F3N8O/c1-14-9-11-35-20(14)24(37)36(17-6-4-3-5-7-17)23(34-35)15(2)33-22-19(21(29)31-13-32-22)16-8-10-30-18(12-16)25(26,27)28/h3-13,15H,1-2H3,(H3,29,31,32,33). The molecule has 0 amide bonds. The number of nitrogens with zero attached hydrogens (tertiary/aromatic N) is 6. The number of para-hydroxylation sites is 1. The Balaban J connectivity index is 1.64. The molecule has 5 aromatic rings. The van der Waals surface area contributed by atoms with Crippen molar-refractivity contribution in [2.24, 2.45) is 0 Å². The predicted molar refractivity (Wildman–Crippen MR) is 132 cm³/mol. The summed E-state index contributed by atoms with van der Waals surface area (Å²) < 4.78 is 42.9. The highest BCUT2D eigenvalue weighted by Crippen LogP contribution is 2.35. The summed E-state index contributed by atoms with van der Waals surface area (Å²) in [6, 6.07) is 12.5. The highest BCUT2D eigenvalue weighted by molar-refractivity contribution is 5.83. The monoisotopic (exact) mass is 506 g/mol. The van der Waals surface area contributed by atoms with Gasteiger partial charge in [0.05, 0.1) is 17.3 Å². The normalized spacial score (nSPS) is 12.6. The number of anilines is 2. The summed E-state index contributed by atoms with van der Waals surface area (Å²) in [5.74, 6) is 0.513. The van der Waals surface area contributed by atoms with Gasteiger partial charge >= 0.3 is 6.18 Å². The van der Waals surface area contributed by atoms with Gasteiger partial charge < -0.3 is 11.1 Å². The number of aromatic nitrogens is 6. The number of benzene rings is 1. The first-order chi connectivity index (χ1) is 17.6. The first-order valence-corrected chi connectivity index (χ1v) is 11.2. The average Bonchev–Trinajstić information content (AvgIpc) is 3.25.